The number of benzene rings is 5. The van der Waals surface area contributed by atoms with Gasteiger partial charge in [0.2, 0.25) is 0 Å². The van der Waals surface area contributed by atoms with E-state index in [0.717, 1.165) is 61.2 Å². The Morgan fingerprint density at radius 1 is 0.380 bits per heavy atom. The van der Waals surface area contributed by atoms with Crippen LogP contribution in [0.1, 0.15) is 0 Å². The van der Waals surface area contributed by atoms with Gasteiger partial charge in [0.1, 0.15) is 16.9 Å². The van der Waals surface area contributed by atoms with E-state index in [9.17, 15) is 0 Å². The molecule has 6 aromatic heterocycles. The van der Waals surface area contributed by atoms with E-state index in [1.807, 2.05) is 36.8 Å². The van der Waals surface area contributed by atoms with Gasteiger partial charge in [-0.1, -0.05) is 48.5 Å². The summed E-state index contributed by atoms with van der Waals surface area (Å²) in [4.78, 5) is 13.2. The van der Waals surface area contributed by atoms with Gasteiger partial charge >= 0.3 is 0 Å². The van der Waals surface area contributed by atoms with Crippen molar-refractivity contribution in [2.45, 2.75) is 0 Å². The number of hydrogen-bond acceptors (Lipinski definition) is 2. The molecule has 6 nitrogen and oxygen atoms in total. The number of nitrogens with one attached hydrogen (secondary N) is 1. The third kappa shape index (κ3) is 3.78. The van der Waals surface area contributed by atoms with E-state index >= 15 is 0 Å². The van der Waals surface area contributed by atoms with Gasteiger partial charge in [0.05, 0.1) is 16.6 Å². The summed E-state index contributed by atoms with van der Waals surface area (Å²) in [5, 5.41) is 7.02. The highest BCUT2D eigenvalue weighted by atomic mass is 15.1. The minimum absolute atomic E-state index is 0.938. The number of nitrogens with zero attached hydrogens (tertiary/aromatic N) is 5. The lowest BCUT2D eigenvalue weighted by atomic mass is 10.0. The predicted octanol–water partition coefficient (Wildman–Crippen LogP) is 10.8. The van der Waals surface area contributed by atoms with Gasteiger partial charge < -0.3 is 4.98 Å². The molecule has 234 valence electrons. The normalized spacial score (nSPS) is 12.0. The van der Waals surface area contributed by atoms with Crippen molar-refractivity contribution in [1.29, 1.82) is 0 Å². The lowest BCUT2D eigenvalue weighted by Crippen LogP contribution is -1.97. The third-order valence-corrected chi connectivity index (χ3v) is 10.1. The molecule has 0 saturated carbocycles. The molecule has 1 N–H and O–H groups in total. The molecule has 6 heteroatoms. The zero-order chi connectivity index (χ0) is 32.8. The van der Waals surface area contributed by atoms with Gasteiger partial charge in [-0.05, 0) is 108 Å². The SMILES string of the molecule is c1ccc(-n2c3ccc(-n4c5ccc(-c6ccc7c(c6)c6cc[nH]c6n7-c6ccccc6)cc5c5cccnc54)cc3c3cccnc32)cc1. The molecule has 5 aromatic carbocycles. The quantitative estimate of drug-likeness (QED) is 0.208. The van der Waals surface area contributed by atoms with Crippen molar-refractivity contribution in [2.24, 2.45) is 0 Å². The molecular formula is C44H28N6. The van der Waals surface area contributed by atoms with Gasteiger partial charge in [-0.3, -0.25) is 13.7 Å². The minimum Gasteiger partial charge on any atom is -0.347 e. The molecule has 50 heavy (non-hydrogen) atoms. The second-order valence-electron chi connectivity index (χ2n) is 12.8. The maximum Gasteiger partial charge on any atom is 0.145 e. The molecule has 6 heterocycles. The number of rotatable bonds is 4. The maximum absolute atomic E-state index is 4.93. The van der Waals surface area contributed by atoms with Gasteiger partial charge in [-0.25, -0.2) is 9.97 Å². The van der Waals surface area contributed by atoms with E-state index in [2.05, 4.69) is 146 Å². The van der Waals surface area contributed by atoms with Crippen LogP contribution < -0.4 is 0 Å². The molecule has 0 aliphatic carbocycles. The lowest BCUT2D eigenvalue weighted by molar-refractivity contribution is 1.12. The molecule has 0 unspecified atom stereocenters. The zero-order valence-electron chi connectivity index (χ0n) is 26.8. The van der Waals surface area contributed by atoms with Crippen molar-refractivity contribution >= 4 is 65.8 Å². The Morgan fingerprint density at radius 2 is 0.900 bits per heavy atom. The molecule has 0 spiro atoms. The van der Waals surface area contributed by atoms with Crippen LogP contribution in [0.2, 0.25) is 0 Å². The van der Waals surface area contributed by atoms with Crippen molar-refractivity contribution in [2.75, 3.05) is 0 Å². The Bertz CT molecular complexity index is 3090. The fraction of sp³-hybridized carbons (Fsp3) is 0. The molecule has 11 rings (SSSR count). The van der Waals surface area contributed by atoms with Gasteiger partial charge in [0, 0.05) is 68.0 Å². The topological polar surface area (TPSA) is 56.4 Å². The first-order valence-electron chi connectivity index (χ1n) is 16.8. The lowest BCUT2D eigenvalue weighted by Gasteiger charge is -2.10. The van der Waals surface area contributed by atoms with Gasteiger partial charge in [0.15, 0.2) is 0 Å². The minimum atomic E-state index is 0.938. The van der Waals surface area contributed by atoms with Crippen LogP contribution in [0.5, 0.6) is 0 Å². The number of fused-ring (bicyclic) bond motifs is 9. The highest BCUT2D eigenvalue weighted by molar-refractivity contribution is 6.13. The summed E-state index contributed by atoms with van der Waals surface area (Å²) in [6.07, 6.45) is 5.78. The van der Waals surface area contributed by atoms with Crippen LogP contribution in [0.4, 0.5) is 0 Å². The molecule has 0 aliphatic rings. The van der Waals surface area contributed by atoms with Crippen LogP contribution in [0.25, 0.3) is 94.0 Å². The summed E-state index contributed by atoms with van der Waals surface area (Å²) >= 11 is 0. The molecular weight excluding hydrogens is 613 g/mol. The second kappa shape index (κ2) is 10.3. The highest BCUT2D eigenvalue weighted by Gasteiger charge is 2.19. The number of aromatic amines is 1. The molecule has 0 fully saturated rings. The Labute approximate surface area is 286 Å². The number of H-pyrrole nitrogens is 1. The smallest absolute Gasteiger partial charge is 0.145 e. The van der Waals surface area contributed by atoms with Crippen molar-refractivity contribution in [3.63, 3.8) is 0 Å². The van der Waals surface area contributed by atoms with Crippen LogP contribution in [-0.2, 0) is 0 Å². The third-order valence-electron chi connectivity index (χ3n) is 10.1. The molecule has 11 aromatic rings. The second-order valence-corrected chi connectivity index (χ2v) is 12.8. The molecule has 0 amide bonds. The van der Waals surface area contributed by atoms with E-state index in [-0.39, 0.29) is 0 Å². The summed E-state index contributed by atoms with van der Waals surface area (Å²) in [5.41, 5.74) is 12.1. The van der Waals surface area contributed by atoms with Crippen LogP contribution in [0, 0.1) is 0 Å². The summed E-state index contributed by atoms with van der Waals surface area (Å²) < 4.78 is 6.85. The molecule has 0 atom stereocenters. The van der Waals surface area contributed by atoms with Gasteiger partial charge in [-0.15, -0.1) is 0 Å². The Kier molecular flexibility index (Phi) is 5.57. The highest BCUT2D eigenvalue weighted by Crippen LogP contribution is 2.39. The Balaban J connectivity index is 1.10. The van der Waals surface area contributed by atoms with Crippen molar-refractivity contribution in [3.05, 3.63) is 164 Å². The van der Waals surface area contributed by atoms with Crippen molar-refractivity contribution in [3.8, 4) is 28.2 Å². The van der Waals surface area contributed by atoms with E-state index in [0.29, 0.717) is 0 Å². The molecule has 0 bridgehead atoms. The van der Waals surface area contributed by atoms with Crippen LogP contribution in [0.15, 0.2) is 164 Å². The summed E-state index contributed by atoms with van der Waals surface area (Å²) in [5.74, 6) is 0. The monoisotopic (exact) mass is 640 g/mol. The first-order valence-corrected chi connectivity index (χ1v) is 16.8. The Morgan fingerprint density at radius 3 is 1.54 bits per heavy atom. The molecule has 0 saturated heterocycles. The van der Waals surface area contributed by atoms with E-state index in [1.54, 1.807) is 0 Å². The van der Waals surface area contributed by atoms with Gasteiger partial charge in [-0.2, -0.15) is 0 Å². The van der Waals surface area contributed by atoms with E-state index in [1.165, 1.54) is 32.8 Å². The van der Waals surface area contributed by atoms with Gasteiger partial charge in [0.25, 0.3) is 0 Å². The average Bonchev–Trinajstić information content (AvgIpc) is 3.94. The number of pyridine rings is 2. The fourth-order valence-corrected chi connectivity index (χ4v) is 7.95. The zero-order valence-corrected chi connectivity index (χ0v) is 26.8. The fourth-order valence-electron chi connectivity index (χ4n) is 7.95. The standard InChI is InChI=1S/C44H28N6/c1-3-9-30(10-4-1)48-39-18-15-29(26-37(39)35-21-24-47-44(35)48)28-16-19-40-36(25-28)33-13-7-23-46-43(33)50(40)32-17-20-41-38(27-32)34-14-8-22-45-42(34)49(41)31-11-5-2-6-12-31/h1-27,47H. The number of aromatic nitrogens is 6. The molecule has 0 aliphatic heterocycles. The van der Waals surface area contributed by atoms with Crippen molar-refractivity contribution in [1.82, 2.24) is 28.7 Å². The summed E-state index contributed by atoms with van der Waals surface area (Å²) in [6, 6.07) is 51.9. The van der Waals surface area contributed by atoms with Crippen LogP contribution in [0.3, 0.4) is 0 Å². The predicted molar refractivity (Wildman–Crippen MR) is 205 cm³/mol. The largest absolute Gasteiger partial charge is 0.347 e. The number of para-hydroxylation sites is 2. The van der Waals surface area contributed by atoms with E-state index in [4.69, 9.17) is 9.97 Å². The number of hydrogen-bond donors (Lipinski definition) is 1. The van der Waals surface area contributed by atoms with E-state index < -0.39 is 0 Å². The maximum atomic E-state index is 4.93. The first-order chi connectivity index (χ1) is 24.8. The van der Waals surface area contributed by atoms with Crippen LogP contribution in [-0.4, -0.2) is 28.7 Å². The van der Waals surface area contributed by atoms with Crippen molar-refractivity contribution < 1.29 is 0 Å². The Hall–Kier alpha value is -6.92. The summed E-state index contributed by atoms with van der Waals surface area (Å²) in [6.45, 7) is 0. The first kappa shape index (κ1) is 27.1. The average molecular weight is 641 g/mol. The summed E-state index contributed by atoms with van der Waals surface area (Å²) in [7, 11) is 0. The van der Waals surface area contributed by atoms with Crippen LogP contribution >= 0.6 is 0 Å². The molecule has 0 radical (unpaired) electrons.